The van der Waals surface area contributed by atoms with Crippen molar-refractivity contribution in [3.8, 4) is 0 Å². The van der Waals surface area contributed by atoms with Crippen molar-refractivity contribution in [3.05, 3.63) is 18.0 Å². The Kier molecular flexibility index (Phi) is 4.60. The molecule has 0 bridgehead atoms. The molecule has 8 nitrogen and oxygen atoms in total. The minimum absolute atomic E-state index is 0.0790. The molecule has 2 aliphatic heterocycles. The lowest BCUT2D eigenvalue weighted by molar-refractivity contribution is -0.135. The number of carbonyl (C=O) groups is 2. The average molecular weight is 335 g/mol. The number of amides is 3. The normalized spacial score (nSPS) is 21.3. The molecule has 3 heterocycles. The van der Waals surface area contributed by atoms with Crippen molar-refractivity contribution in [2.75, 3.05) is 40.4 Å². The first-order valence-corrected chi connectivity index (χ1v) is 8.26. The summed E-state index contributed by atoms with van der Waals surface area (Å²) in [5.41, 5.74) is 0.464. The second-order valence-corrected chi connectivity index (χ2v) is 6.62. The van der Waals surface area contributed by atoms with Gasteiger partial charge in [-0.2, -0.15) is 5.10 Å². The second kappa shape index (κ2) is 6.52. The van der Waals surface area contributed by atoms with E-state index in [0.29, 0.717) is 26.0 Å². The molecule has 2 saturated heterocycles. The van der Waals surface area contributed by atoms with E-state index in [1.807, 2.05) is 19.4 Å². The molecule has 0 saturated carbocycles. The van der Waals surface area contributed by atoms with Crippen LogP contribution in [0.1, 0.15) is 18.4 Å². The van der Waals surface area contributed by atoms with E-state index < -0.39 is 5.54 Å². The molecule has 1 aromatic heterocycles. The first kappa shape index (κ1) is 16.9. The number of carbonyl (C=O) groups excluding carboxylic acids is 2. The summed E-state index contributed by atoms with van der Waals surface area (Å²) in [6.45, 7) is 3.28. The van der Waals surface area contributed by atoms with Crippen LogP contribution in [0.2, 0.25) is 0 Å². The summed E-state index contributed by atoms with van der Waals surface area (Å²) in [5.74, 6) is -0.0790. The molecule has 0 unspecified atom stereocenters. The fraction of sp³-hybridized carbons (Fsp3) is 0.688. The van der Waals surface area contributed by atoms with Crippen LogP contribution in [0.25, 0.3) is 0 Å². The Balaban J connectivity index is 1.69. The van der Waals surface area contributed by atoms with Gasteiger partial charge in [0, 0.05) is 59.1 Å². The van der Waals surface area contributed by atoms with Gasteiger partial charge in [-0.05, 0) is 12.8 Å². The van der Waals surface area contributed by atoms with Gasteiger partial charge in [-0.25, -0.2) is 4.79 Å². The number of ether oxygens (including phenoxy) is 1. The van der Waals surface area contributed by atoms with Crippen molar-refractivity contribution in [2.45, 2.75) is 24.9 Å². The molecule has 0 aromatic carbocycles. The number of imide groups is 1. The first-order valence-electron chi connectivity index (χ1n) is 8.26. The fourth-order valence-electron chi connectivity index (χ4n) is 3.75. The fourth-order valence-corrected chi connectivity index (χ4v) is 3.75. The van der Waals surface area contributed by atoms with E-state index in [2.05, 4.69) is 10.00 Å². The average Bonchev–Trinajstić information content (AvgIpc) is 3.05. The molecule has 3 rings (SSSR count). The largest absolute Gasteiger partial charge is 0.383 e. The monoisotopic (exact) mass is 335 g/mol. The Labute approximate surface area is 141 Å². The topological polar surface area (TPSA) is 70.9 Å². The standard InChI is InChI=1S/C16H25N5O3/c1-18-11-13(10-17-18)12-20-6-4-16(5-7-20)14(22)19(2)15(23)21(16)8-9-24-3/h10-11H,4-9,12H2,1-3H3. The Hall–Kier alpha value is -1.93. The number of piperidine rings is 1. The first-order chi connectivity index (χ1) is 11.5. The molecule has 0 radical (unpaired) electrons. The highest BCUT2D eigenvalue weighted by Crippen LogP contribution is 2.36. The van der Waals surface area contributed by atoms with E-state index in [-0.39, 0.29) is 11.9 Å². The summed E-state index contributed by atoms with van der Waals surface area (Å²) in [6.07, 6.45) is 5.19. The van der Waals surface area contributed by atoms with E-state index in [0.717, 1.165) is 25.2 Å². The van der Waals surface area contributed by atoms with Crippen molar-refractivity contribution in [1.82, 2.24) is 24.5 Å². The second-order valence-electron chi connectivity index (χ2n) is 6.62. The van der Waals surface area contributed by atoms with Gasteiger partial charge in [0.2, 0.25) is 0 Å². The van der Waals surface area contributed by atoms with Gasteiger partial charge in [0.15, 0.2) is 0 Å². The minimum Gasteiger partial charge on any atom is -0.383 e. The van der Waals surface area contributed by atoms with Gasteiger partial charge >= 0.3 is 6.03 Å². The minimum atomic E-state index is -0.699. The van der Waals surface area contributed by atoms with Crippen molar-refractivity contribution >= 4 is 11.9 Å². The summed E-state index contributed by atoms with van der Waals surface area (Å²) in [6, 6.07) is -0.210. The number of hydrogen-bond donors (Lipinski definition) is 0. The lowest BCUT2D eigenvalue weighted by Gasteiger charge is -2.42. The smallest absolute Gasteiger partial charge is 0.327 e. The molecule has 132 valence electrons. The molecule has 1 spiro atoms. The van der Waals surface area contributed by atoms with Gasteiger partial charge in [0.25, 0.3) is 5.91 Å². The Bertz CT molecular complexity index is 621. The lowest BCUT2D eigenvalue weighted by Crippen LogP contribution is -2.57. The predicted octanol–water partition coefficient (Wildman–Crippen LogP) is 0.295. The molecule has 8 heteroatoms. The molecule has 3 amide bonds. The van der Waals surface area contributed by atoms with Crippen molar-refractivity contribution < 1.29 is 14.3 Å². The van der Waals surface area contributed by atoms with Gasteiger partial charge in [-0.1, -0.05) is 0 Å². The molecular weight excluding hydrogens is 310 g/mol. The molecule has 2 aliphatic rings. The van der Waals surface area contributed by atoms with Crippen molar-refractivity contribution in [1.29, 1.82) is 0 Å². The third-order valence-corrected chi connectivity index (χ3v) is 5.10. The van der Waals surface area contributed by atoms with E-state index in [4.69, 9.17) is 4.74 Å². The number of urea groups is 1. The Morgan fingerprint density at radius 3 is 2.54 bits per heavy atom. The summed E-state index contributed by atoms with van der Waals surface area (Å²) >= 11 is 0. The summed E-state index contributed by atoms with van der Waals surface area (Å²) in [4.78, 5) is 30.4. The summed E-state index contributed by atoms with van der Waals surface area (Å²) < 4.78 is 6.91. The third kappa shape index (κ3) is 2.80. The van der Waals surface area contributed by atoms with Crippen LogP contribution in [0.15, 0.2) is 12.4 Å². The predicted molar refractivity (Wildman–Crippen MR) is 87.2 cm³/mol. The van der Waals surface area contributed by atoms with E-state index in [1.54, 1.807) is 23.7 Å². The van der Waals surface area contributed by atoms with Crippen LogP contribution in [0.3, 0.4) is 0 Å². The van der Waals surface area contributed by atoms with E-state index >= 15 is 0 Å². The highest BCUT2D eigenvalue weighted by molar-refractivity contribution is 6.06. The zero-order valence-electron chi connectivity index (χ0n) is 14.6. The van der Waals surface area contributed by atoms with Gasteiger partial charge < -0.3 is 9.64 Å². The van der Waals surface area contributed by atoms with Crippen LogP contribution in [0, 0.1) is 0 Å². The Morgan fingerprint density at radius 2 is 1.96 bits per heavy atom. The summed E-state index contributed by atoms with van der Waals surface area (Å²) in [5, 5.41) is 4.19. The number of likely N-dealkylation sites (N-methyl/N-ethyl adjacent to an activating group) is 1. The molecule has 0 aliphatic carbocycles. The number of methoxy groups -OCH3 is 1. The van der Waals surface area contributed by atoms with E-state index in [1.165, 1.54) is 4.90 Å². The van der Waals surface area contributed by atoms with Gasteiger partial charge in [-0.15, -0.1) is 0 Å². The highest BCUT2D eigenvalue weighted by Gasteiger charge is 2.56. The number of aromatic nitrogens is 2. The van der Waals surface area contributed by atoms with Crippen LogP contribution >= 0.6 is 0 Å². The molecule has 0 atom stereocenters. The number of nitrogens with zero attached hydrogens (tertiary/aromatic N) is 5. The quantitative estimate of drug-likeness (QED) is 0.724. The van der Waals surface area contributed by atoms with Crippen LogP contribution in [0.4, 0.5) is 4.79 Å². The molecule has 1 aromatic rings. The third-order valence-electron chi connectivity index (χ3n) is 5.10. The van der Waals surface area contributed by atoms with Crippen LogP contribution in [-0.4, -0.2) is 82.4 Å². The maximum absolute atomic E-state index is 12.7. The zero-order chi connectivity index (χ0) is 17.3. The maximum Gasteiger partial charge on any atom is 0.327 e. The molecular formula is C16H25N5O3. The van der Waals surface area contributed by atoms with Gasteiger partial charge in [-0.3, -0.25) is 19.3 Å². The number of aryl methyl sites for hydroxylation is 1. The maximum atomic E-state index is 12.7. The number of hydrogen-bond acceptors (Lipinski definition) is 5. The van der Waals surface area contributed by atoms with Crippen molar-refractivity contribution in [3.63, 3.8) is 0 Å². The van der Waals surface area contributed by atoms with Crippen molar-refractivity contribution in [2.24, 2.45) is 7.05 Å². The lowest BCUT2D eigenvalue weighted by atomic mass is 9.85. The zero-order valence-corrected chi connectivity index (χ0v) is 14.6. The van der Waals surface area contributed by atoms with Crippen LogP contribution in [0.5, 0.6) is 0 Å². The molecule has 24 heavy (non-hydrogen) atoms. The Morgan fingerprint density at radius 1 is 1.25 bits per heavy atom. The van der Waals surface area contributed by atoms with Crippen LogP contribution < -0.4 is 0 Å². The number of likely N-dealkylation sites (tertiary alicyclic amines) is 1. The van der Waals surface area contributed by atoms with Gasteiger partial charge in [0.1, 0.15) is 5.54 Å². The molecule has 2 fully saturated rings. The molecule has 0 N–H and O–H groups in total. The summed E-state index contributed by atoms with van der Waals surface area (Å²) in [7, 11) is 5.08. The number of rotatable bonds is 5. The van der Waals surface area contributed by atoms with Crippen LogP contribution in [-0.2, 0) is 23.1 Å². The van der Waals surface area contributed by atoms with Gasteiger partial charge in [0.05, 0.1) is 12.8 Å². The van der Waals surface area contributed by atoms with E-state index in [9.17, 15) is 9.59 Å². The highest BCUT2D eigenvalue weighted by atomic mass is 16.5. The SMILES string of the molecule is COCCN1C(=O)N(C)C(=O)C12CCN(Cc1cnn(C)c1)CC2.